The second-order valence-corrected chi connectivity index (χ2v) is 11.4. The summed E-state index contributed by atoms with van der Waals surface area (Å²) in [6.07, 6.45) is 5.31. The molecule has 1 saturated carbocycles. The van der Waals surface area contributed by atoms with Crippen LogP contribution in [-0.2, 0) is 9.63 Å². The van der Waals surface area contributed by atoms with Gasteiger partial charge in [0.05, 0.1) is 27.2 Å². The Labute approximate surface area is 239 Å². The number of carbonyl (C=O) groups is 3. The van der Waals surface area contributed by atoms with Gasteiger partial charge in [-0.3, -0.25) is 10.1 Å². The number of rotatable bonds is 6. The van der Waals surface area contributed by atoms with E-state index in [1.165, 1.54) is 29.9 Å². The maximum Gasteiger partial charge on any atom is 0.335 e. The molecule has 1 fully saturated rings. The van der Waals surface area contributed by atoms with Crippen molar-refractivity contribution < 1.29 is 19.2 Å². The van der Waals surface area contributed by atoms with E-state index in [0.717, 1.165) is 36.1 Å². The molecule has 3 aromatic rings. The normalized spacial score (nSPS) is 14.4. The first-order chi connectivity index (χ1) is 18.2. The quantitative estimate of drug-likeness (QED) is 0.250. The first-order valence-electron chi connectivity index (χ1n) is 12.2. The minimum atomic E-state index is -0.672. The van der Waals surface area contributed by atoms with Gasteiger partial charge in [-0.2, -0.15) is 5.48 Å². The topological polar surface area (TPSA) is 96.5 Å². The van der Waals surface area contributed by atoms with Crippen LogP contribution in [0.25, 0.3) is 10.4 Å². The highest BCUT2D eigenvalue weighted by Gasteiger charge is 2.28. The van der Waals surface area contributed by atoms with Crippen molar-refractivity contribution in [3.8, 4) is 10.4 Å². The van der Waals surface area contributed by atoms with Crippen LogP contribution in [0.1, 0.15) is 49.4 Å². The molecular weight excluding hydrogens is 569 g/mol. The molecule has 4 rings (SSSR count). The average molecular weight is 595 g/mol. The predicted molar refractivity (Wildman–Crippen MR) is 153 cm³/mol. The van der Waals surface area contributed by atoms with E-state index in [9.17, 15) is 14.4 Å². The van der Waals surface area contributed by atoms with Crippen LogP contribution in [0.2, 0.25) is 15.1 Å². The molecule has 0 aliphatic heterocycles. The van der Waals surface area contributed by atoms with Gasteiger partial charge in [0.1, 0.15) is 5.00 Å². The van der Waals surface area contributed by atoms with Gasteiger partial charge in [-0.25, -0.2) is 9.59 Å². The Kier molecular flexibility index (Phi) is 9.54. The van der Waals surface area contributed by atoms with Crippen molar-refractivity contribution >= 4 is 74.7 Å². The highest BCUT2D eigenvalue weighted by atomic mass is 35.5. The molecule has 0 spiro atoms. The fourth-order valence-electron chi connectivity index (χ4n) is 4.38. The van der Waals surface area contributed by atoms with E-state index in [1.807, 2.05) is 37.3 Å². The van der Waals surface area contributed by atoms with Crippen LogP contribution in [0.15, 0.2) is 48.5 Å². The fourth-order valence-corrected chi connectivity index (χ4v) is 6.35. The van der Waals surface area contributed by atoms with Crippen molar-refractivity contribution in [2.75, 3.05) is 10.6 Å². The molecule has 1 aromatic heterocycles. The zero-order valence-corrected chi connectivity index (χ0v) is 23.6. The van der Waals surface area contributed by atoms with Crippen molar-refractivity contribution in [2.24, 2.45) is 11.8 Å². The zero-order valence-electron chi connectivity index (χ0n) is 20.5. The van der Waals surface area contributed by atoms with E-state index < -0.39 is 17.9 Å². The molecule has 38 heavy (non-hydrogen) atoms. The van der Waals surface area contributed by atoms with Gasteiger partial charge >= 0.3 is 12.0 Å². The minimum absolute atomic E-state index is 0.135. The van der Waals surface area contributed by atoms with Crippen LogP contribution in [0, 0.1) is 11.8 Å². The SMILES string of the molecule is C[C@H](C(=O)ONC(=O)c1cc(-c2ccccc2)sc1NC(=O)Nc1c(Cl)cc(Cl)cc1Cl)C1CCCCC1. The molecule has 0 unspecified atom stereocenters. The molecule has 1 atom stereocenters. The zero-order chi connectivity index (χ0) is 27.2. The lowest BCUT2D eigenvalue weighted by Gasteiger charge is -2.25. The summed E-state index contributed by atoms with van der Waals surface area (Å²) in [7, 11) is 0. The maximum absolute atomic E-state index is 13.1. The lowest BCUT2D eigenvalue weighted by atomic mass is 9.81. The third-order valence-electron chi connectivity index (χ3n) is 6.48. The van der Waals surface area contributed by atoms with Gasteiger partial charge in [0.25, 0.3) is 5.91 Å². The van der Waals surface area contributed by atoms with Crippen molar-refractivity contribution in [3.05, 3.63) is 69.2 Å². The first kappa shape index (κ1) is 28.2. The highest BCUT2D eigenvalue weighted by molar-refractivity contribution is 7.20. The predicted octanol–water partition coefficient (Wildman–Crippen LogP) is 8.42. The van der Waals surface area contributed by atoms with Gasteiger partial charge in [0, 0.05) is 9.90 Å². The van der Waals surface area contributed by atoms with Gasteiger partial charge in [0.2, 0.25) is 0 Å². The lowest BCUT2D eigenvalue weighted by Crippen LogP contribution is -2.33. The summed E-state index contributed by atoms with van der Waals surface area (Å²) in [5, 5.41) is 6.15. The number of urea groups is 1. The van der Waals surface area contributed by atoms with Crippen molar-refractivity contribution in [2.45, 2.75) is 39.0 Å². The van der Waals surface area contributed by atoms with Crippen LogP contribution >= 0.6 is 46.1 Å². The maximum atomic E-state index is 13.1. The number of nitrogens with one attached hydrogen (secondary N) is 3. The lowest BCUT2D eigenvalue weighted by molar-refractivity contribution is -0.155. The van der Waals surface area contributed by atoms with Crippen LogP contribution in [0.5, 0.6) is 0 Å². The second kappa shape index (κ2) is 12.8. The largest absolute Gasteiger partial charge is 0.340 e. The Morgan fingerprint density at radius 1 is 0.947 bits per heavy atom. The summed E-state index contributed by atoms with van der Waals surface area (Å²) < 4.78 is 0. The molecule has 7 nitrogen and oxygen atoms in total. The Hall–Kier alpha value is -2.78. The van der Waals surface area contributed by atoms with Gasteiger partial charge in [0.15, 0.2) is 0 Å². The van der Waals surface area contributed by atoms with Gasteiger partial charge < -0.3 is 10.2 Å². The molecular formula is C27H26Cl3N3O4S. The van der Waals surface area contributed by atoms with Crippen LogP contribution in [0.4, 0.5) is 15.5 Å². The third kappa shape index (κ3) is 6.99. The van der Waals surface area contributed by atoms with Crippen LogP contribution in [0.3, 0.4) is 0 Å². The summed E-state index contributed by atoms with van der Waals surface area (Å²) in [4.78, 5) is 44.4. The smallest absolute Gasteiger partial charge is 0.335 e. The molecule has 0 saturated heterocycles. The number of thiophene rings is 1. The summed E-state index contributed by atoms with van der Waals surface area (Å²) in [6, 6.07) is 13.2. The van der Waals surface area contributed by atoms with E-state index in [1.54, 1.807) is 6.07 Å². The van der Waals surface area contributed by atoms with Gasteiger partial charge in [-0.05, 0) is 42.5 Å². The molecule has 0 radical (unpaired) electrons. The van der Waals surface area contributed by atoms with E-state index in [2.05, 4.69) is 16.1 Å². The first-order valence-corrected chi connectivity index (χ1v) is 14.1. The number of carbonyl (C=O) groups excluding carboxylic acids is 3. The van der Waals surface area contributed by atoms with E-state index in [-0.39, 0.29) is 38.1 Å². The Bertz CT molecular complexity index is 1300. The molecule has 11 heteroatoms. The second-order valence-electron chi connectivity index (χ2n) is 9.08. The van der Waals surface area contributed by atoms with E-state index >= 15 is 0 Å². The molecule has 1 heterocycles. The van der Waals surface area contributed by atoms with Crippen LogP contribution < -0.4 is 16.1 Å². The van der Waals surface area contributed by atoms with E-state index in [0.29, 0.717) is 5.02 Å². The number of benzene rings is 2. The van der Waals surface area contributed by atoms with Crippen LogP contribution in [-0.4, -0.2) is 17.9 Å². The van der Waals surface area contributed by atoms with Crippen molar-refractivity contribution in [1.82, 2.24) is 5.48 Å². The number of hydrogen-bond donors (Lipinski definition) is 3. The highest BCUT2D eigenvalue weighted by Crippen LogP contribution is 2.37. The van der Waals surface area contributed by atoms with Crippen molar-refractivity contribution in [3.63, 3.8) is 0 Å². The van der Waals surface area contributed by atoms with Crippen molar-refractivity contribution in [1.29, 1.82) is 0 Å². The van der Waals surface area contributed by atoms with Gasteiger partial charge in [-0.15, -0.1) is 11.3 Å². The number of hydroxylamine groups is 1. The fraction of sp³-hybridized carbons (Fsp3) is 0.296. The molecule has 3 amide bonds. The summed E-state index contributed by atoms with van der Waals surface area (Å²) in [5.74, 6) is -1.23. The molecule has 2 aromatic carbocycles. The molecule has 200 valence electrons. The summed E-state index contributed by atoms with van der Waals surface area (Å²) in [6.45, 7) is 1.83. The standard InChI is InChI=1S/C27H26Cl3N3O4S/c1-15(16-8-4-2-5-9-16)26(35)37-33-24(34)19-14-22(17-10-6-3-7-11-17)38-25(19)32-27(36)31-23-20(29)12-18(28)13-21(23)30/h3,6-7,10-16H,2,4-5,8-9H2,1H3,(H,33,34)(H2,31,32,36)/t15-/m0/s1. The Balaban J connectivity index is 1.50. The Morgan fingerprint density at radius 2 is 1.61 bits per heavy atom. The molecule has 0 bridgehead atoms. The minimum Gasteiger partial charge on any atom is -0.340 e. The number of anilines is 2. The van der Waals surface area contributed by atoms with Gasteiger partial charge in [-0.1, -0.05) is 91.3 Å². The summed E-state index contributed by atoms with van der Waals surface area (Å²) >= 11 is 19.5. The van der Waals surface area contributed by atoms with E-state index in [4.69, 9.17) is 39.6 Å². The molecule has 1 aliphatic rings. The molecule has 1 aliphatic carbocycles. The number of halogens is 3. The number of hydrogen-bond acceptors (Lipinski definition) is 5. The summed E-state index contributed by atoms with van der Waals surface area (Å²) in [5.41, 5.74) is 3.42. The third-order valence-corrected chi connectivity index (χ3v) is 8.39. The number of amides is 3. The average Bonchev–Trinajstić information content (AvgIpc) is 3.33. The Morgan fingerprint density at radius 3 is 2.26 bits per heavy atom. The monoisotopic (exact) mass is 593 g/mol. The molecule has 3 N–H and O–H groups in total.